The van der Waals surface area contributed by atoms with E-state index in [1.807, 2.05) is 45.9 Å². The molecule has 0 aliphatic carbocycles. The number of benzene rings is 2. The highest BCUT2D eigenvalue weighted by atomic mass is 28.3. The molecule has 211 valence electrons. The second kappa shape index (κ2) is 10.3. The van der Waals surface area contributed by atoms with Crippen molar-refractivity contribution in [3.05, 3.63) is 53.1 Å². The van der Waals surface area contributed by atoms with E-state index < -0.39 is 32.7 Å². The summed E-state index contributed by atoms with van der Waals surface area (Å²) in [6.07, 6.45) is 0. The van der Waals surface area contributed by atoms with Gasteiger partial charge in [0.15, 0.2) is 0 Å². The maximum absolute atomic E-state index is 14.0. The lowest BCUT2D eigenvalue weighted by Gasteiger charge is -2.32. The van der Waals surface area contributed by atoms with Crippen LogP contribution >= 0.6 is 0 Å². The lowest BCUT2D eigenvalue weighted by atomic mass is 9.75. The number of nitrogens with zero attached hydrogens (tertiary/aromatic N) is 1. The molecule has 2 heterocycles. The van der Waals surface area contributed by atoms with Gasteiger partial charge in [0.1, 0.15) is 12.4 Å². The third-order valence-corrected chi connectivity index (χ3v) is 11.1. The standard InChI is InChI=1S/C30H43BNO6Si/c1-27(2,34)20-14-15-21-25(18-20)35-17-16-32(26(21)33)24-13-11-12-23(22(24)19-36-30(7,8)39(9)10)31-37-28(3,4)29(5,6)38-31/h11-15,18,34H,16-17,19H2,1-10H3. The zero-order valence-corrected chi connectivity index (χ0v) is 26.1. The summed E-state index contributed by atoms with van der Waals surface area (Å²) in [4.78, 5) is 15.7. The number of amides is 1. The summed E-state index contributed by atoms with van der Waals surface area (Å²) in [7, 11) is -1.36. The zero-order chi connectivity index (χ0) is 29.0. The van der Waals surface area contributed by atoms with Crippen LogP contribution in [0.5, 0.6) is 5.75 Å². The Morgan fingerprint density at radius 2 is 1.69 bits per heavy atom. The van der Waals surface area contributed by atoms with Crippen LogP contribution in [-0.4, -0.2) is 56.5 Å². The molecule has 1 radical (unpaired) electrons. The number of aliphatic hydroxyl groups is 1. The summed E-state index contributed by atoms with van der Waals surface area (Å²) in [6, 6.07) is 11.2. The molecule has 0 bridgehead atoms. The van der Waals surface area contributed by atoms with Gasteiger partial charge in [-0.05, 0) is 84.6 Å². The molecule has 9 heteroatoms. The summed E-state index contributed by atoms with van der Waals surface area (Å²) in [5.41, 5.74) is 1.60. The third-order valence-electron chi connectivity index (χ3n) is 8.50. The largest absolute Gasteiger partial charge is 0.495 e. The smallest absolute Gasteiger partial charge is 0.491 e. The van der Waals surface area contributed by atoms with Crippen LogP contribution < -0.4 is 15.1 Å². The normalized spacial score (nSPS) is 19.2. The molecule has 0 aromatic heterocycles. The van der Waals surface area contributed by atoms with E-state index in [0.29, 0.717) is 36.6 Å². The van der Waals surface area contributed by atoms with Crippen molar-refractivity contribution in [2.75, 3.05) is 18.1 Å². The Morgan fingerprint density at radius 1 is 1.05 bits per heavy atom. The van der Waals surface area contributed by atoms with Crippen molar-refractivity contribution in [3.8, 4) is 5.75 Å². The van der Waals surface area contributed by atoms with Crippen LogP contribution in [0.4, 0.5) is 5.69 Å². The van der Waals surface area contributed by atoms with Gasteiger partial charge in [0.25, 0.3) is 5.91 Å². The molecule has 2 aromatic rings. The average Bonchev–Trinajstić information content (AvgIpc) is 2.95. The van der Waals surface area contributed by atoms with Crippen molar-refractivity contribution >= 4 is 33.0 Å². The van der Waals surface area contributed by atoms with Crippen molar-refractivity contribution in [2.24, 2.45) is 0 Å². The van der Waals surface area contributed by atoms with E-state index in [-0.39, 0.29) is 11.1 Å². The fraction of sp³-hybridized carbons (Fsp3) is 0.567. The molecule has 4 rings (SSSR count). The molecule has 1 saturated heterocycles. The third kappa shape index (κ3) is 5.84. The molecule has 39 heavy (non-hydrogen) atoms. The van der Waals surface area contributed by atoms with Crippen LogP contribution in [0, 0.1) is 0 Å². The summed E-state index contributed by atoms with van der Waals surface area (Å²) < 4.78 is 25.4. The van der Waals surface area contributed by atoms with Crippen LogP contribution in [0.25, 0.3) is 0 Å². The highest BCUT2D eigenvalue weighted by Gasteiger charge is 2.52. The van der Waals surface area contributed by atoms with Crippen molar-refractivity contribution < 1.29 is 28.7 Å². The lowest BCUT2D eigenvalue weighted by molar-refractivity contribution is 0.00578. The maximum Gasteiger partial charge on any atom is 0.495 e. The molecule has 0 saturated carbocycles. The van der Waals surface area contributed by atoms with Gasteiger partial charge in [0.05, 0.1) is 49.5 Å². The number of fused-ring (bicyclic) bond motifs is 1. The number of anilines is 1. The fourth-order valence-corrected chi connectivity index (χ4v) is 4.87. The first kappa shape index (κ1) is 29.8. The second-order valence-electron chi connectivity index (χ2n) is 12.8. The summed E-state index contributed by atoms with van der Waals surface area (Å²) >= 11 is 0. The number of rotatable bonds is 7. The van der Waals surface area contributed by atoms with Gasteiger partial charge in [-0.1, -0.05) is 31.3 Å². The van der Waals surface area contributed by atoms with Crippen molar-refractivity contribution in [2.45, 2.75) is 97.1 Å². The van der Waals surface area contributed by atoms with E-state index in [1.54, 1.807) is 36.9 Å². The van der Waals surface area contributed by atoms with Crippen LogP contribution in [0.3, 0.4) is 0 Å². The van der Waals surface area contributed by atoms with E-state index >= 15 is 0 Å². The Hall–Kier alpha value is -2.17. The Balaban J connectivity index is 1.78. The molecule has 2 aliphatic rings. The van der Waals surface area contributed by atoms with Gasteiger partial charge in [-0.25, -0.2) is 0 Å². The highest BCUT2D eigenvalue weighted by molar-refractivity contribution is 6.63. The Labute approximate surface area is 235 Å². The molecule has 2 aromatic carbocycles. The first-order chi connectivity index (χ1) is 17.9. The molecule has 1 N–H and O–H groups in total. The maximum atomic E-state index is 14.0. The van der Waals surface area contributed by atoms with Gasteiger partial charge in [-0.2, -0.15) is 0 Å². The van der Waals surface area contributed by atoms with Crippen LogP contribution in [0.15, 0.2) is 36.4 Å². The topological polar surface area (TPSA) is 77.5 Å². The number of ether oxygens (including phenoxy) is 2. The van der Waals surface area contributed by atoms with Gasteiger partial charge in [-0.3, -0.25) is 4.79 Å². The van der Waals surface area contributed by atoms with Crippen molar-refractivity contribution in [3.63, 3.8) is 0 Å². The number of carbonyl (C=O) groups excluding carboxylic acids is 1. The van der Waals surface area contributed by atoms with Crippen LogP contribution in [0.2, 0.25) is 13.1 Å². The lowest BCUT2D eigenvalue weighted by Crippen LogP contribution is -2.42. The predicted octanol–water partition coefficient (Wildman–Crippen LogP) is 4.84. The molecular weight excluding hydrogens is 509 g/mol. The fourth-order valence-electron chi connectivity index (χ4n) is 4.51. The summed E-state index contributed by atoms with van der Waals surface area (Å²) in [5, 5.41) is 10.2. The minimum absolute atomic E-state index is 0.160. The minimum Gasteiger partial charge on any atom is -0.491 e. The molecule has 0 spiro atoms. The van der Waals surface area contributed by atoms with Gasteiger partial charge in [0.2, 0.25) is 0 Å². The Kier molecular flexibility index (Phi) is 7.90. The first-order valence-electron chi connectivity index (χ1n) is 13.7. The summed E-state index contributed by atoms with van der Waals surface area (Å²) in [5.74, 6) is 0.319. The van der Waals surface area contributed by atoms with Crippen molar-refractivity contribution in [1.29, 1.82) is 0 Å². The van der Waals surface area contributed by atoms with E-state index in [1.165, 1.54) is 0 Å². The van der Waals surface area contributed by atoms with E-state index in [9.17, 15) is 9.90 Å². The molecule has 7 nitrogen and oxygen atoms in total. The van der Waals surface area contributed by atoms with E-state index in [4.69, 9.17) is 18.8 Å². The monoisotopic (exact) mass is 552 g/mol. The van der Waals surface area contributed by atoms with Gasteiger partial charge in [0, 0.05) is 11.3 Å². The van der Waals surface area contributed by atoms with E-state index in [2.05, 4.69) is 26.9 Å². The molecule has 0 unspecified atom stereocenters. The predicted molar refractivity (Wildman–Crippen MR) is 157 cm³/mol. The Bertz CT molecular complexity index is 1220. The van der Waals surface area contributed by atoms with Gasteiger partial charge < -0.3 is 28.8 Å². The van der Waals surface area contributed by atoms with Crippen molar-refractivity contribution in [1.82, 2.24) is 0 Å². The number of hydrogen-bond acceptors (Lipinski definition) is 6. The average molecular weight is 553 g/mol. The molecule has 1 fully saturated rings. The minimum atomic E-state index is -1.04. The van der Waals surface area contributed by atoms with E-state index in [0.717, 1.165) is 16.7 Å². The van der Waals surface area contributed by atoms with Gasteiger partial charge in [-0.15, -0.1) is 0 Å². The molecular formula is C30H43BNO6Si. The number of hydrogen-bond donors (Lipinski definition) is 1. The Morgan fingerprint density at radius 3 is 2.28 bits per heavy atom. The molecule has 1 amide bonds. The molecule has 2 aliphatic heterocycles. The SMILES string of the molecule is C[Si](C)C(C)(C)OCc1c(B2OC(C)(C)C(C)(C)O2)cccc1N1CCOc2cc(C(C)(C)O)ccc2C1=O. The number of carbonyl (C=O) groups is 1. The second-order valence-corrected chi connectivity index (χ2v) is 16.0. The summed E-state index contributed by atoms with van der Waals surface area (Å²) in [6.45, 7) is 21.3. The molecule has 0 atom stereocenters. The van der Waals surface area contributed by atoms with Gasteiger partial charge >= 0.3 is 7.12 Å². The van der Waals surface area contributed by atoms with Crippen LogP contribution in [0.1, 0.15) is 76.9 Å². The van der Waals surface area contributed by atoms with Crippen LogP contribution in [-0.2, 0) is 26.3 Å². The highest BCUT2D eigenvalue weighted by Crippen LogP contribution is 2.38. The quantitative estimate of drug-likeness (QED) is 0.496. The zero-order valence-electron chi connectivity index (χ0n) is 25.1. The first-order valence-corrected chi connectivity index (χ1v) is 16.2.